The van der Waals surface area contributed by atoms with E-state index in [1.165, 1.54) is 7.11 Å². The molecule has 3 rings (SSSR count). The number of carbonyl (C=O) groups is 2. The molecule has 0 radical (unpaired) electrons. The first-order valence-corrected chi connectivity index (χ1v) is 9.15. The van der Waals surface area contributed by atoms with Gasteiger partial charge in [-0.2, -0.15) is 0 Å². The van der Waals surface area contributed by atoms with Gasteiger partial charge in [-0.15, -0.1) is 0 Å². The van der Waals surface area contributed by atoms with E-state index in [9.17, 15) is 9.59 Å². The maximum Gasteiger partial charge on any atom is 0.315 e. The molecule has 0 fully saturated rings. The molecule has 1 aromatic rings. The molecule has 1 aliphatic heterocycles. The second-order valence-corrected chi connectivity index (χ2v) is 8.39. The van der Waals surface area contributed by atoms with E-state index in [1.807, 2.05) is 13.8 Å². The molecule has 26 heavy (non-hydrogen) atoms. The third kappa shape index (κ3) is 3.17. The van der Waals surface area contributed by atoms with Crippen LogP contribution in [-0.2, 0) is 14.3 Å². The maximum absolute atomic E-state index is 13.0. The van der Waals surface area contributed by atoms with E-state index in [-0.39, 0.29) is 11.2 Å². The van der Waals surface area contributed by atoms with Crippen molar-refractivity contribution in [2.75, 3.05) is 7.11 Å². The molecule has 1 heterocycles. The predicted molar refractivity (Wildman–Crippen MR) is 102 cm³/mol. The van der Waals surface area contributed by atoms with Crippen molar-refractivity contribution in [2.24, 2.45) is 11.3 Å². The normalized spacial score (nSPS) is 24.8. The lowest BCUT2D eigenvalue weighted by atomic mass is 9.66. The van der Waals surface area contributed by atoms with E-state index >= 15 is 0 Å². The number of ketones is 1. The molecular formula is C20H21Cl2NO3. The minimum absolute atomic E-state index is 0.00574. The number of carbonyl (C=O) groups excluding carboxylic acids is 2. The van der Waals surface area contributed by atoms with Crippen LogP contribution in [0.4, 0.5) is 0 Å². The summed E-state index contributed by atoms with van der Waals surface area (Å²) in [6.07, 6.45) is 1.10. The third-order valence-electron chi connectivity index (χ3n) is 5.02. The molecule has 0 saturated carbocycles. The van der Waals surface area contributed by atoms with Crippen LogP contribution in [0.3, 0.4) is 0 Å². The maximum atomic E-state index is 13.0. The van der Waals surface area contributed by atoms with Gasteiger partial charge in [0.05, 0.1) is 17.2 Å². The van der Waals surface area contributed by atoms with Crippen molar-refractivity contribution in [1.29, 1.82) is 0 Å². The van der Waals surface area contributed by atoms with Crippen LogP contribution >= 0.6 is 23.2 Å². The van der Waals surface area contributed by atoms with Crippen LogP contribution < -0.4 is 5.32 Å². The number of hydrogen-bond acceptors (Lipinski definition) is 4. The summed E-state index contributed by atoms with van der Waals surface area (Å²) in [5, 5.41) is 3.91. The summed E-state index contributed by atoms with van der Waals surface area (Å²) in [5.74, 6) is -1.78. The van der Waals surface area contributed by atoms with Gasteiger partial charge in [-0.05, 0) is 23.5 Å². The Kier molecular flexibility index (Phi) is 4.93. The largest absolute Gasteiger partial charge is 0.468 e. The van der Waals surface area contributed by atoms with Gasteiger partial charge in [0.25, 0.3) is 0 Å². The van der Waals surface area contributed by atoms with Crippen molar-refractivity contribution in [2.45, 2.75) is 32.6 Å². The van der Waals surface area contributed by atoms with Gasteiger partial charge in [0.1, 0.15) is 5.92 Å². The highest BCUT2D eigenvalue weighted by molar-refractivity contribution is 6.42. The zero-order valence-corrected chi connectivity index (χ0v) is 16.5. The number of nitrogens with one attached hydrogen (secondary N) is 1. The van der Waals surface area contributed by atoms with Gasteiger partial charge in [0, 0.05) is 29.3 Å². The molecule has 0 spiro atoms. The molecule has 138 valence electrons. The molecule has 1 aromatic carbocycles. The average Bonchev–Trinajstić information content (AvgIpc) is 2.54. The number of benzene rings is 1. The van der Waals surface area contributed by atoms with Gasteiger partial charge in [-0.1, -0.05) is 55.8 Å². The predicted octanol–water partition coefficient (Wildman–Crippen LogP) is 4.63. The van der Waals surface area contributed by atoms with Crippen LogP contribution in [0, 0.1) is 11.3 Å². The zero-order chi connectivity index (χ0) is 19.2. The molecule has 2 atom stereocenters. The standard InChI is InChI=1S/C20H21Cl2NO3/c1-10-15(19(25)26-4)16(11-6-5-7-12(21)18(11)22)17-13(23-10)8-20(2,3)9-14(17)24/h5-7,15-16,23H,1,8-9H2,2-4H3. The van der Waals surface area contributed by atoms with Crippen LogP contribution in [0.1, 0.15) is 38.2 Å². The van der Waals surface area contributed by atoms with Crippen LogP contribution in [0.25, 0.3) is 0 Å². The minimum Gasteiger partial charge on any atom is -0.468 e. The van der Waals surface area contributed by atoms with Crippen LogP contribution in [0.15, 0.2) is 41.7 Å². The summed E-state index contributed by atoms with van der Waals surface area (Å²) >= 11 is 12.7. The highest BCUT2D eigenvalue weighted by atomic mass is 35.5. The Morgan fingerprint density at radius 3 is 2.65 bits per heavy atom. The fourth-order valence-electron chi connectivity index (χ4n) is 3.95. The fourth-order valence-corrected chi connectivity index (χ4v) is 4.37. The van der Waals surface area contributed by atoms with E-state index in [2.05, 4.69) is 11.9 Å². The van der Waals surface area contributed by atoms with E-state index in [1.54, 1.807) is 18.2 Å². The monoisotopic (exact) mass is 393 g/mol. The Morgan fingerprint density at radius 1 is 1.31 bits per heavy atom. The topological polar surface area (TPSA) is 55.4 Å². The minimum atomic E-state index is -0.750. The van der Waals surface area contributed by atoms with Crippen molar-refractivity contribution in [3.63, 3.8) is 0 Å². The van der Waals surface area contributed by atoms with Gasteiger partial charge in [0.2, 0.25) is 0 Å². The van der Waals surface area contributed by atoms with Crippen molar-refractivity contribution in [3.05, 3.63) is 57.4 Å². The number of ether oxygens (including phenoxy) is 1. The average molecular weight is 394 g/mol. The number of esters is 1. The summed E-state index contributed by atoms with van der Waals surface area (Å²) in [4.78, 5) is 25.6. The van der Waals surface area contributed by atoms with Crippen molar-refractivity contribution in [3.8, 4) is 0 Å². The quantitative estimate of drug-likeness (QED) is 0.744. The molecule has 6 heteroatoms. The first-order valence-electron chi connectivity index (χ1n) is 8.40. The molecule has 4 nitrogen and oxygen atoms in total. The molecule has 0 aromatic heterocycles. The molecular weight excluding hydrogens is 373 g/mol. The highest BCUT2D eigenvalue weighted by Crippen LogP contribution is 2.50. The van der Waals surface area contributed by atoms with Crippen molar-refractivity contribution >= 4 is 35.0 Å². The molecule has 1 N–H and O–H groups in total. The summed E-state index contributed by atoms with van der Waals surface area (Å²) in [6.45, 7) is 8.12. The number of allylic oxidation sites excluding steroid dienone is 2. The molecule has 0 saturated heterocycles. The number of rotatable bonds is 2. The van der Waals surface area contributed by atoms with E-state index in [4.69, 9.17) is 27.9 Å². The Morgan fingerprint density at radius 2 is 2.00 bits per heavy atom. The Balaban J connectivity index is 2.25. The zero-order valence-electron chi connectivity index (χ0n) is 15.0. The smallest absolute Gasteiger partial charge is 0.315 e. The SMILES string of the molecule is C=C1NC2=C(C(=O)CC(C)(C)C2)C(c2cccc(Cl)c2Cl)C1C(=O)OC. The summed E-state index contributed by atoms with van der Waals surface area (Å²) in [7, 11) is 1.32. The van der Waals surface area contributed by atoms with Gasteiger partial charge in [-0.3, -0.25) is 9.59 Å². The summed E-state index contributed by atoms with van der Waals surface area (Å²) in [5.41, 5.74) is 2.36. The van der Waals surface area contributed by atoms with Gasteiger partial charge in [-0.25, -0.2) is 0 Å². The van der Waals surface area contributed by atoms with Crippen LogP contribution in [0.2, 0.25) is 10.0 Å². The van der Waals surface area contributed by atoms with Gasteiger partial charge >= 0.3 is 5.97 Å². The lowest BCUT2D eigenvalue weighted by molar-refractivity contribution is -0.144. The highest BCUT2D eigenvalue weighted by Gasteiger charge is 2.47. The molecule has 0 bridgehead atoms. The third-order valence-corrected chi connectivity index (χ3v) is 5.86. The lowest BCUT2D eigenvalue weighted by Crippen LogP contribution is -2.43. The molecule has 2 unspecified atom stereocenters. The summed E-state index contributed by atoms with van der Waals surface area (Å²) < 4.78 is 4.99. The summed E-state index contributed by atoms with van der Waals surface area (Å²) in [6, 6.07) is 5.24. The van der Waals surface area contributed by atoms with Crippen LogP contribution in [-0.4, -0.2) is 18.9 Å². The second kappa shape index (κ2) is 6.75. The lowest BCUT2D eigenvalue weighted by Gasteiger charge is -2.42. The van der Waals surface area contributed by atoms with Crippen molar-refractivity contribution < 1.29 is 14.3 Å². The van der Waals surface area contributed by atoms with E-state index in [0.717, 1.165) is 5.70 Å². The van der Waals surface area contributed by atoms with Crippen LogP contribution in [0.5, 0.6) is 0 Å². The molecule has 0 amide bonds. The Bertz CT molecular complexity index is 841. The number of Topliss-reactive ketones (excluding diaryl/α,β-unsaturated/α-hetero) is 1. The first kappa shape index (κ1) is 19.0. The fraction of sp³-hybridized carbons (Fsp3) is 0.400. The van der Waals surface area contributed by atoms with E-state index < -0.39 is 17.8 Å². The second-order valence-electron chi connectivity index (χ2n) is 7.60. The van der Waals surface area contributed by atoms with Crippen molar-refractivity contribution in [1.82, 2.24) is 5.32 Å². The molecule has 2 aliphatic rings. The number of methoxy groups -OCH3 is 1. The Labute approximate surface area is 163 Å². The van der Waals surface area contributed by atoms with Gasteiger partial charge < -0.3 is 10.1 Å². The number of halogens is 2. The number of hydrogen-bond donors (Lipinski definition) is 1. The van der Waals surface area contributed by atoms with Gasteiger partial charge in [0.15, 0.2) is 5.78 Å². The van der Waals surface area contributed by atoms with E-state index in [0.29, 0.717) is 39.7 Å². The Hall–Kier alpha value is -1.78. The molecule has 1 aliphatic carbocycles. The first-order chi connectivity index (χ1) is 12.2.